The van der Waals surface area contributed by atoms with Crippen molar-refractivity contribution in [2.45, 2.75) is 40.5 Å². The van der Waals surface area contributed by atoms with Crippen molar-refractivity contribution in [3.05, 3.63) is 58.7 Å². The SMILES string of the molecule is CC(=O)Nc1c(C)cccc1C(=O)OCCOc1ccc(C(C)C)c(C)c1. The molecule has 2 rings (SSSR count). The lowest BCUT2D eigenvalue weighted by molar-refractivity contribution is -0.114. The summed E-state index contributed by atoms with van der Waals surface area (Å²) < 4.78 is 11.0. The quantitative estimate of drug-likeness (QED) is 0.571. The van der Waals surface area contributed by atoms with E-state index in [1.165, 1.54) is 18.1 Å². The molecule has 2 aromatic carbocycles. The van der Waals surface area contributed by atoms with E-state index in [1.54, 1.807) is 12.1 Å². The summed E-state index contributed by atoms with van der Waals surface area (Å²) in [5.41, 5.74) is 4.09. The van der Waals surface area contributed by atoms with Crippen molar-refractivity contribution >= 4 is 17.6 Å². The van der Waals surface area contributed by atoms with Crippen molar-refractivity contribution in [3.8, 4) is 5.75 Å². The maximum Gasteiger partial charge on any atom is 0.340 e. The van der Waals surface area contributed by atoms with Crippen molar-refractivity contribution in [1.29, 1.82) is 0 Å². The smallest absolute Gasteiger partial charge is 0.340 e. The average Bonchev–Trinajstić information content (AvgIpc) is 2.59. The Hall–Kier alpha value is -2.82. The van der Waals surface area contributed by atoms with Crippen LogP contribution in [0.3, 0.4) is 0 Å². The first-order valence-electron chi connectivity index (χ1n) is 9.07. The molecular weight excluding hydrogens is 342 g/mol. The average molecular weight is 369 g/mol. The molecule has 0 aliphatic rings. The molecule has 0 aliphatic heterocycles. The van der Waals surface area contributed by atoms with E-state index in [9.17, 15) is 9.59 Å². The van der Waals surface area contributed by atoms with Crippen LogP contribution in [0.5, 0.6) is 5.75 Å². The molecule has 0 radical (unpaired) electrons. The van der Waals surface area contributed by atoms with Gasteiger partial charge in [0.25, 0.3) is 0 Å². The molecule has 27 heavy (non-hydrogen) atoms. The summed E-state index contributed by atoms with van der Waals surface area (Å²) >= 11 is 0. The first kappa shape index (κ1) is 20.5. The van der Waals surface area contributed by atoms with Gasteiger partial charge in [0, 0.05) is 6.92 Å². The van der Waals surface area contributed by atoms with E-state index in [1.807, 2.05) is 25.1 Å². The zero-order valence-corrected chi connectivity index (χ0v) is 16.6. The number of rotatable bonds is 7. The van der Waals surface area contributed by atoms with Crippen molar-refractivity contribution in [2.75, 3.05) is 18.5 Å². The number of hydrogen-bond acceptors (Lipinski definition) is 4. The summed E-state index contributed by atoms with van der Waals surface area (Å²) in [6.07, 6.45) is 0. The molecule has 1 N–H and O–H groups in total. The van der Waals surface area contributed by atoms with Crippen LogP contribution in [0.25, 0.3) is 0 Å². The molecule has 5 heteroatoms. The van der Waals surface area contributed by atoms with E-state index in [4.69, 9.17) is 9.47 Å². The number of carbonyl (C=O) groups excluding carboxylic acids is 2. The Bertz CT molecular complexity index is 827. The number of esters is 1. The third-order valence-corrected chi connectivity index (χ3v) is 4.24. The Morgan fingerprint density at radius 1 is 1.04 bits per heavy atom. The molecule has 0 saturated carbocycles. The van der Waals surface area contributed by atoms with Gasteiger partial charge in [-0.3, -0.25) is 4.79 Å². The maximum absolute atomic E-state index is 12.4. The number of para-hydroxylation sites is 1. The molecule has 0 aliphatic carbocycles. The highest BCUT2D eigenvalue weighted by Gasteiger charge is 2.15. The summed E-state index contributed by atoms with van der Waals surface area (Å²) in [5, 5.41) is 2.69. The number of ether oxygens (including phenoxy) is 2. The second kappa shape index (κ2) is 9.21. The molecule has 0 bridgehead atoms. The third kappa shape index (κ3) is 5.58. The topological polar surface area (TPSA) is 64.6 Å². The number of benzene rings is 2. The van der Waals surface area contributed by atoms with E-state index < -0.39 is 5.97 Å². The van der Waals surface area contributed by atoms with Gasteiger partial charge >= 0.3 is 5.97 Å². The van der Waals surface area contributed by atoms with E-state index in [2.05, 4.69) is 32.2 Å². The standard InChI is InChI=1S/C22H27NO4/c1-14(2)19-10-9-18(13-16(19)4)26-11-12-27-22(25)20-8-6-7-15(3)21(20)23-17(5)24/h6-10,13-14H,11-12H2,1-5H3,(H,23,24). The molecule has 0 fully saturated rings. The van der Waals surface area contributed by atoms with Crippen LogP contribution < -0.4 is 10.1 Å². The summed E-state index contributed by atoms with van der Waals surface area (Å²) in [4.78, 5) is 23.7. The van der Waals surface area contributed by atoms with Crippen molar-refractivity contribution < 1.29 is 19.1 Å². The second-order valence-electron chi connectivity index (χ2n) is 6.84. The predicted octanol–water partition coefficient (Wildman–Crippen LogP) is 4.62. The lowest BCUT2D eigenvalue weighted by atomic mass is 9.98. The molecule has 0 atom stereocenters. The number of anilines is 1. The van der Waals surface area contributed by atoms with Crippen LogP contribution in [0.2, 0.25) is 0 Å². The monoisotopic (exact) mass is 369 g/mol. The fourth-order valence-electron chi connectivity index (χ4n) is 2.94. The van der Waals surface area contributed by atoms with Crippen LogP contribution in [-0.2, 0) is 9.53 Å². The fourth-order valence-corrected chi connectivity index (χ4v) is 2.94. The Balaban J connectivity index is 1.93. The first-order valence-corrected chi connectivity index (χ1v) is 9.07. The molecule has 0 saturated heterocycles. The largest absolute Gasteiger partial charge is 0.490 e. The Labute approximate surface area is 160 Å². The third-order valence-electron chi connectivity index (χ3n) is 4.24. The Morgan fingerprint density at radius 2 is 1.78 bits per heavy atom. The molecule has 0 heterocycles. The van der Waals surface area contributed by atoms with Crippen LogP contribution >= 0.6 is 0 Å². The summed E-state index contributed by atoms with van der Waals surface area (Å²) in [6.45, 7) is 9.98. The maximum atomic E-state index is 12.4. The number of hydrogen-bond donors (Lipinski definition) is 1. The highest BCUT2D eigenvalue weighted by Crippen LogP contribution is 2.24. The van der Waals surface area contributed by atoms with Gasteiger partial charge in [-0.25, -0.2) is 4.79 Å². The lowest BCUT2D eigenvalue weighted by Gasteiger charge is -2.14. The molecule has 0 spiro atoms. The van der Waals surface area contributed by atoms with Crippen LogP contribution in [0.15, 0.2) is 36.4 Å². The molecular formula is C22H27NO4. The summed E-state index contributed by atoms with van der Waals surface area (Å²) in [7, 11) is 0. The molecule has 2 aromatic rings. The zero-order valence-electron chi connectivity index (χ0n) is 16.6. The second-order valence-corrected chi connectivity index (χ2v) is 6.84. The highest BCUT2D eigenvalue weighted by atomic mass is 16.6. The van der Waals surface area contributed by atoms with Gasteiger partial charge in [0.2, 0.25) is 5.91 Å². The van der Waals surface area contributed by atoms with Crippen molar-refractivity contribution in [2.24, 2.45) is 0 Å². The Kier molecular flexibility index (Phi) is 6.99. The van der Waals surface area contributed by atoms with Crippen molar-refractivity contribution in [1.82, 2.24) is 0 Å². The van der Waals surface area contributed by atoms with Gasteiger partial charge in [-0.15, -0.1) is 0 Å². The van der Waals surface area contributed by atoms with Gasteiger partial charge in [0.15, 0.2) is 0 Å². The van der Waals surface area contributed by atoms with Crippen LogP contribution in [0.1, 0.15) is 53.7 Å². The summed E-state index contributed by atoms with van der Waals surface area (Å²) in [5.74, 6) is 0.494. The van der Waals surface area contributed by atoms with Gasteiger partial charge in [0.05, 0.1) is 11.3 Å². The van der Waals surface area contributed by atoms with E-state index in [0.29, 0.717) is 17.2 Å². The summed E-state index contributed by atoms with van der Waals surface area (Å²) in [6, 6.07) is 11.2. The molecule has 144 valence electrons. The van der Waals surface area contributed by atoms with Crippen LogP contribution in [-0.4, -0.2) is 25.1 Å². The zero-order chi connectivity index (χ0) is 20.0. The molecule has 0 unspecified atom stereocenters. The fraction of sp³-hybridized carbons (Fsp3) is 0.364. The minimum absolute atomic E-state index is 0.122. The normalized spacial score (nSPS) is 10.6. The molecule has 5 nitrogen and oxygen atoms in total. The first-order chi connectivity index (χ1) is 12.8. The van der Waals surface area contributed by atoms with E-state index >= 15 is 0 Å². The lowest BCUT2D eigenvalue weighted by Crippen LogP contribution is -2.16. The van der Waals surface area contributed by atoms with Crippen LogP contribution in [0, 0.1) is 13.8 Å². The van der Waals surface area contributed by atoms with Crippen LogP contribution in [0.4, 0.5) is 5.69 Å². The van der Waals surface area contributed by atoms with Gasteiger partial charge in [0.1, 0.15) is 19.0 Å². The van der Waals surface area contributed by atoms with E-state index in [0.717, 1.165) is 11.3 Å². The molecule has 0 aromatic heterocycles. The minimum Gasteiger partial charge on any atom is -0.490 e. The molecule has 1 amide bonds. The van der Waals surface area contributed by atoms with Gasteiger partial charge in [-0.05, 0) is 54.7 Å². The van der Waals surface area contributed by atoms with Gasteiger partial charge < -0.3 is 14.8 Å². The van der Waals surface area contributed by atoms with Crippen molar-refractivity contribution in [3.63, 3.8) is 0 Å². The highest BCUT2D eigenvalue weighted by molar-refractivity contribution is 6.01. The van der Waals surface area contributed by atoms with Gasteiger partial charge in [-0.2, -0.15) is 0 Å². The van der Waals surface area contributed by atoms with Gasteiger partial charge in [-0.1, -0.05) is 32.0 Å². The number of nitrogens with one attached hydrogen (secondary N) is 1. The Morgan fingerprint density at radius 3 is 2.41 bits per heavy atom. The van der Waals surface area contributed by atoms with E-state index in [-0.39, 0.29) is 19.1 Å². The predicted molar refractivity (Wildman–Crippen MR) is 107 cm³/mol. The number of carbonyl (C=O) groups is 2. The number of amides is 1. The number of aryl methyl sites for hydroxylation is 2. The minimum atomic E-state index is -0.489.